The third kappa shape index (κ3) is 5.13. The Morgan fingerprint density at radius 3 is 2.35 bits per heavy atom. The van der Waals surface area contributed by atoms with E-state index >= 15 is 0 Å². The van der Waals surface area contributed by atoms with E-state index in [9.17, 15) is 14.4 Å². The number of carbonyl (C=O) groups excluding carboxylic acids is 3. The van der Waals surface area contributed by atoms with E-state index < -0.39 is 17.8 Å². The van der Waals surface area contributed by atoms with Crippen LogP contribution in [0, 0.1) is 13.8 Å². The Hall–Kier alpha value is -3.23. The van der Waals surface area contributed by atoms with E-state index in [0.29, 0.717) is 33.6 Å². The molecule has 6 nitrogen and oxygen atoms in total. The summed E-state index contributed by atoms with van der Waals surface area (Å²) in [5.74, 6) is -0.795. The average molecular weight is 584 g/mol. The fraction of sp³-hybridized carbons (Fsp3) is 0.115. The van der Waals surface area contributed by atoms with Gasteiger partial charge >= 0.3 is 6.03 Å². The highest BCUT2D eigenvalue weighted by molar-refractivity contribution is 9.10. The summed E-state index contributed by atoms with van der Waals surface area (Å²) in [6.45, 7) is 4.22. The second-order valence-electron chi connectivity index (χ2n) is 7.85. The zero-order valence-corrected chi connectivity index (χ0v) is 21.6. The summed E-state index contributed by atoms with van der Waals surface area (Å²) in [7, 11) is 0. The predicted octanol–water partition coefficient (Wildman–Crippen LogP) is 6.07. The molecule has 4 rings (SSSR count). The molecule has 4 amide bonds. The molecule has 0 spiro atoms. The lowest BCUT2D eigenvalue weighted by molar-refractivity contribution is -0.122. The lowest BCUT2D eigenvalue weighted by Gasteiger charge is -2.27. The highest BCUT2D eigenvalue weighted by Gasteiger charge is 2.37. The van der Waals surface area contributed by atoms with Gasteiger partial charge in [0.05, 0.1) is 10.2 Å². The van der Waals surface area contributed by atoms with Crippen molar-refractivity contribution in [1.82, 2.24) is 5.32 Å². The third-order valence-corrected chi connectivity index (χ3v) is 6.40. The van der Waals surface area contributed by atoms with Crippen molar-refractivity contribution in [2.45, 2.75) is 20.5 Å². The Labute approximate surface area is 213 Å². The van der Waals surface area contributed by atoms with E-state index in [2.05, 4.69) is 37.2 Å². The molecular formula is C26H20Br2N2O4. The molecule has 1 saturated heterocycles. The second kappa shape index (κ2) is 9.95. The van der Waals surface area contributed by atoms with Gasteiger partial charge in [0.2, 0.25) is 0 Å². The van der Waals surface area contributed by atoms with Crippen LogP contribution in [0.25, 0.3) is 6.08 Å². The number of imide groups is 2. The van der Waals surface area contributed by atoms with E-state index in [1.807, 2.05) is 31.2 Å². The summed E-state index contributed by atoms with van der Waals surface area (Å²) in [5.41, 5.74) is 3.81. The molecule has 0 saturated carbocycles. The summed E-state index contributed by atoms with van der Waals surface area (Å²) in [6, 6.07) is 17.7. The van der Waals surface area contributed by atoms with Crippen molar-refractivity contribution < 1.29 is 19.1 Å². The molecule has 8 heteroatoms. The largest absolute Gasteiger partial charge is 0.488 e. The molecule has 0 atom stereocenters. The Balaban J connectivity index is 1.57. The van der Waals surface area contributed by atoms with Gasteiger partial charge in [-0.1, -0.05) is 51.8 Å². The zero-order chi connectivity index (χ0) is 24.4. The van der Waals surface area contributed by atoms with Crippen LogP contribution in [0.2, 0.25) is 0 Å². The van der Waals surface area contributed by atoms with Crippen molar-refractivity contribution in [3.8, 4) is 5.75 Å². The van der Waals surface area contributed by atoms with Crippen LogP contribution in [-0.2, 0) is 16.2 Å². The molecule has 1 fully saturated rings. The number of halogens is 2. The Kier molecular flexibility index (Phi) is 7.00. The molecule has 172 valence electrons. The number of nitrogens with one attached hydrogen (secondary N) is 1. The van der Waals surface area contributed by atoms with Crippen molar-refractivity contribution in [3.63, 3.8) is 0 Å². The highest BCUT2D eigenvalue weighted by atomic mass is 79.9. The average Bonchev–Trinajstić information content (AvgIpc) is 2.78. The summed E-state index contributed by atoms with van der Waals surface area (Å²) in [5, 5.41) is 2.25. The molecule has 0 radical (unpaired) electrons. The van der Waals surface area contributed by atoms with E-state index in [-0.39, 0.29) is 5.57 Å². The fourth-order valence-electron chi connectivity index (χ4n) is 3.48. The SMILES string of the molecule is Cc1ccc(COc2ccc(/C=C3/C(=O)NC(=O)N(c4ccc(Br)cc4C)C3=O)cc2Br)cc1. The first-order valence-corrected chi connectivity index (χ1v) is 12.0. The van der Waals surface area contributed by atoms with Gasteiger partial charge in [0.1, 0.15) is 17.9 Å². The Morgan fingerprint density at radius 2 is 1.68 bits per heavy atom. The van der Waals surface area contributed by atoms with E-state index in [1.54, 1.807) is 43.3 Å². The number of anilines is 1. The first-order valence-electron chi connectivity index (χ1n) is 10.4. The smallest absolute Gasteiger partial charge is 0.335 e. The van der Waals surface area contributed by atoms with Gasteiger partial charge in [0, 0.05) is 4.47 Å². The van der Waals surface area contributed by atoms with Gasteiger partial charge in [-0.2, -0.15) is 0 Å². The molecule has 1 aliphatic heterocycles. The van der Waals surface area contributed by atoms with Crippen LogP contribution in [0.5, 0.6) is 5.75 Å². The van der Waals surface area contributed by atoms with E-state index in [1.165, 1.54) is 11.6 Å². The van der Waals surface area contributed by atoms with Crippen molar-refractivity contribution in [2.24, 2.45) is 0 Å². The summed E-state index contributed by atoms with van der Waals surface area (Å²) >= 11 is 6.86. The highest BCUT2D eigenvalue weighted by Crippen LogP contribution is 2.30. The lowest BCUT2D eigenvalue weighted by atomic mass is 10.1. The van der Waals surface area contributed by atoms with Crippen LogP contribution < -0.4 is 15.0 Å². The first-order chi connectivity index (χ1) is 16.2. The van der Waals surface area contributed by atoms with Crippen LogP contribution in [0.15, 0.2) is 75.2 Å². The summed E-state index contributed by atoms with van der Waals surface area (Å²) in [4.78, 5) is 39.1. The lowest BCUT2D eigenvalue weighted by Crippen LogP contribution is -2.54. The Morgan fingerprint density at radius 1 is 0.941 bits per heavy atom. The molecule has 3 aromatic rings. The van der Waals surface area contributed by atoms with Crippen molar-refractivity contribution in [2.75, 3.05) is 4.90 Å². The fourth-order valence-corrected chi connectivity index (χ4v) is 4.47. The number of nitrogens with zero attached hydrogens (tertiary/aromatic N) is 1. The zero-order valence-electron chi connectivity index (χ0n) is 18.4. The Bertz CT molecular complexity index is 1330. The number of barbiturate groups is 1. The van der Waals surface area contributed by atoms with Crippen molar-refractivity contribution >= 4 is 61.5 Å². The van der Waals surface area contributed by atoms with Crippen LogP contribution >= 0.6 is 31.9 Å². The molecule has 1 aliphatic rings. The molecule has 1 heterocycles. The van der Waals surface area contributed by atoms with Gasteiger partial charge in [0.15, 0.2) is 0 Å². The number of hydrogen-bond donors (Lipinski definition) is 1. The van der Waals surface area contributed by atoms with Gasteiger partial charge < -0.3 is 4.74 Å². The number of urea groups is 1. The van der Waals surface area contributed by atoms with Crippen molar-refractivity contribution in [3.05, 3.63) is 97.4 Å². The van der Waals surface area contributed by atoms with E-state index in [0.717, 1.165) is 14.9 Å². The third-order valence-electron chi connectivity index (χ3n) is 5.28. The monoisotopic (exact) mass is 582 g/mol. The quantitative estimate of drug-likeness (QED) is 0.292. The number of ether oxygens (including phenoxy) is 1. The van der Waals surface area contributed by atoms with Gasteiger partial charge in [-0.05, 0) is 82.9 Å². The maximum Gasteiger partial charge on any atom is 0.335 e. The van der Waals surface area contributed by atoms with Crippen molar-refractivity contribution in [1.29, 1.82) is 0 Å². The minimum atomic E-state index is -0.779. The predicted molar refractivity (Wildman–Crippen MR) is 138 cm³/mol. The normalized spacial score (nSPS) is 15.0. The molecule has 0 aromatic heterocycles. The molecule has 0 aliphatic carbocycles. The number of benzene rings is 3. The van der Waals surface area contributed by atoms with E-state index in [4.69, 9.17) is 4.74 Å². The maximum atomic E-state index is 13.2. The van der Waals surface area contributed by atoms with Crippen LogP contribution in [0.4, 0.5) is 10.5 Å². The van der Waals surface area contributed by atoms with Gasteiger partial charge in [0.25, 0.3) is 11.8 Å². The molecular weight excluding hydrogens is 564 g/mol. The molecule has 34 heavy (non-hydrogen) atoms. The summed E-state index contributed by atoms with van der Waals surface area (Å²) in [6.07, 6.45) is 1.46. The number of aryl methyl sites for hydroxylation is 2. The molecule has 0 bridgehead atoms. The topological polar surface area (TPSA) is 75.7 Å². The van der Waals surface area contributed by atoms with Gasteiger partial charge in [-0.15, -0.1) is 0 Å². The van der Waals surface area contributed by atoms with Crippen LogP contribution in [0.3, 0.4) is 0 Å². The molecule has 0 unspecified atom stereocenters. The number of hydrogen-bond acceptors (Lipinski definition) is 4. The molecule has 1 N–H and O–H groups in total. The van der Waals surface area contributed by atoms with Crippen LogP contribution in [-0.4, -0.2) is 17.8 Å². The standard InChI is InChI=1S/C26H20Br2N2O4/c1-15-3-5-17(6-4-15)14-34-23-10-7-18(13-21(23)28)12-20-24(31)29-26(33)30(25(20)32)22-9-8-19(27)11-16(22)2/h3-13H,14H2,1-2H3,(H,29,31,33)/b20-12-. The van der Waals surface area contributed by atoms with Gasteiger partial charge in [-0.3, -0.25) is 14.9 Å². The van der Waals surface area contributed by atoms with Crippen LogP contribution in [0.1, 0.15) is 22.3 Å². The summed E-state index contributed by atoms with van der Waals surface area (Å²) < 4.78 is 7.39. The van der Waals surface area contributed by atoms with Gasteiger partial charge in [-0.25, -0.2) is 9.69 Å². The first kappa shape index (κ1) is 23.9. The molecule has 3 aromatic carbocycles. The number of rotatable bonds is 5. The minimum absolute atomic E-state index is 0.137. The number of carbonyl (C=O) groups is 3. The second-order valence-corrected chi connectivity index (χ2v) is 9.62. The number of amides is 4. The maximum absolute atomic E-state index is 13.2. The minimum Gasteiger partial charge on any atom is -0.488 e.